The van der Waals surface area contributed by atoms with Gasteiger partial charge in [0.2, 0.25) is 11.5 Å². The second kappa shape index (κ2) is 7.43. The lowest BCUT2D eigenvalue weighted by Gasteiger charge is -2.15. The van der Waals surface area contributed by atoms with Gasteiger partial charge in [0.05, 0.1) is 11.6 Å². The molecular formula is C23H23N3O2. The summed E-state index contributed by atoms with van der Waals surface area (Å²) in [4.78, 5) is 29.2. The highest BCUT2D eigenvalue weighted by Gasteiger charge is 2.28. The molecule has 0 spiro atoms. The fraction of sp³-hybridized carbons (Fsp3) is 0.261. The summed E-state index contributed by atoms with van der Waals surface area (Å²) in [5, 5.41) is 2.94. The number of benzene rings is 1. The topological polar surface area (TPSA) is 64.0 Å². The van der Waals surface area contributed by atoms with Crippen LogP contribution in [0.2, 0.25) is 0 Å². The zero-order valence-corrected chi connectivity index (χ0v) is 16.1. The number of carbonyl (C=O) groups is 1. The minimum absolute atomic E-state index is 0.0575. The van der Waals surface area contributed by atoms with Crippen LogP contribution < -0.4 is 10.9 Å². The first-order valence-corrected chi connectivity index (χ1v) is 9.57. The van der Waals surface area contributed by atoms with Gasteiger partial charge in [-0.15, -0.1) is 0 Å². The lowest BCUT2D eigenvalue weighted by Crippen LogP contribution is -2.20. The minimum Gasteiger partial charge on any atom is -0.318 e. The molecule has 1 aliphatic rings. The number of rotatable bonds is 5. The van der Waals surface area contributed by atoms with E-state index >= 15 is 0 Å². The fourth-order valence-electron chi connectivity index (χ4n) is 3.36. The number of anilines is 1. The standard InChI is InChI=1S/C23H23N3O2/c1-15(16-6-4-3-5-7-16)23(28)25-20-12-11-19(17-8-9-17)22(24-20)18-10-13-21(27)26(2)14-18/h3-7,10-15,17H,8-9H2,1-2H3,(H,24,25,28)/t15-/m1/s1. The first kappa shape index (κ1) is 18.2. The Morgan fingerprint density at radius 2 is 1.86 bits per heavy atom. The highest BCUT2D eigenvalue weighted by Crippen LogP contribution is 2.44. The molecule has 5 heteroatoms. The molecule has 4 rings (SSSR count). The molecule has 0 bridgehead atoms. The van der Waals surface area contributed by atoms with Crippen LogP contribution in [0.15, 0.2) is 65.6 Å². The van der Waals surface area contributed by atoms with Gasteiger partial charge in [-0.2, -0.15) is 0 Å². The van der Waals surface area contributed by atoms with Crippen molar-refractivity contribution in [2.45, 2.75) is 31.6 Å². The predicted octanol–water partition coefficient (Wildman–Crippen LogP) is 4.07. The Balaban J connectivity index is 1.64. The molecule has 0 aliphatic heterocycles. The fourth-order valence-corrected chi connectivity index (χ4v) is 3.36. The van der Waals surface area contributed by atoms with E-state index in [1.165, 1.54) is 5.56 Å². The van der Waals surface area contributed by atoms with Crippen molar-refractivity contribution >= 4 is 11.7 Å². The molecular weight excluding hydrogens is 350 g/mol. The van der Waals surface area contributed by atoms with E-state index in [-0.39, 0.29) is 17.4 Å². The van der Waals surface area contributed by atoms with Gasteiger partial charge >= 0.3 is 0 Å². The van der Waals surface area contributed by atoms with Gasteiger partial charge in [-0.3, -0.25) is 9.59 Å². The molecule has 1 N–H and O–H groups in total. The molecule has 1 aromatic carbocycles. The van der Waals surface area contributed by atoms with Gasteiger partial charge in [0.25, 0.3) is 0 Å². The van der Waals surface area contributed by atoms with Crippen molar-refractivity contribution in [3.63, 3.8) is 0 Å². The van der Waals surface area contributed by atoms with Crippen molar-refractivity contribution in [2.24, 2.45) is 7.05 Å². The summed E-state index contributed by atoms with van der Waals surface area (Å²) in [7, 11) is 1.73. The third kappa shape index (κ3) is 3.74. The highest BCUT2D eigenvalue weighted by atomic mass is 16.2. The van der Waals surface area contributed by atoms with E-state index in [4.69, 9.17) is 4.98 Å². The second-order valence-corrected chi connectivity index (χ2v) is 7.40. The maximum absolute atomic E-state index is 12.7. The third-order valence-electron chi connectivity index (χ3n) is 5.25. The minimum atomic E-state index is -0.271. The molecule has 0 radical (unpaired) electrons. The van der Waals surface area contributed by atoms with E-state index < -0.39 is 0 Å². The highest BCUT2D eigenvalue weighted by molar-refractivity contribution is 5.95. The summed E-state index contributed by atoms with van der Waals surface area (Å²) in [6, 6.07) is 17.0. The maximum Gasteiger partial charge on any atom is 0.250 e. The Kier molecular flexibility index (Phi) is 4.82. The average Bonchev–Trinajstić information content (AvgIpc) is 3.55. The molecule has 1 fully saturated rings. The van der Waals surface area contributed by atoms with E-state index in [1.807, 2.05) is 49.4 Å². The molecule has 2 aromatic heterocycles. The van der Waals surface area contributed by atoms with Crippen molar-refractivity contribution in [1.82, 2.24) is 9.55 Å². The number of carbonyl (C=O) groups excluding carboxylic acids is 1. The molecule has 0 unspecified atom stereocenters. The lowest BCUT2D eigenvalue weighted by atomic mass is 10.0. The van der Waals surface area contributed by atoms with Crippen LogP contribution in [0.5, 0.6) is 0 Å². The summed E-state index contributed by atoms with van der Waals surface area (Å²) < 4.78 is 1.55. The summed E-state index contributed by atoms with van der Waals surface area (Å²) in [5.41, 5.74) is 3.80. The van der Waals surface area contributed by atoms with Gasteiger partial charge in [0, 0.05) is 24.9 Å². The Hall–Kier alpha value is -3.21. The van der Waals surface area contributed by atoms with Gasteiger partial charge in [-0.1, -0.05) is 36.4 Å². The second-order valence-electron chi connectivity index (χ2n) is 7.40. The van der Waals surface area contributed by atoms with E-state index in [0.717, 1.165) is 29.7 Å². The van der Waals surface area contributed by atoms with Crippen LogP contribution in [0.25, 0.3) is 11.3 Å². The Labute approximate surface area is 164 Å². The van der Waals surface area contributed by atoms with Crippen LogP contribution in [-0.2, 0) is 11.8 Å². The van der Waals surface area contributed by atoms with Crippen LogP contribution in [0.4, 0.5) is 5.82 Å². The van der Waals surface area contributed by atoms with Gasteiger partial charge in [-0.25, -0.2) is 4.98 Å². The molecule has 1 atom stereocenters. The lowest BCUT2D eigenvalue weighted by molar-refractivity contribution is -0.117. The number of amides is 1. The molecule has 2 heterocycles. The van der Waals surface area contributed by atoms with Crippen molar-refractivity contribution < 1.29 is 4.79 Å². The summed E-state index contributed by atoms with van der Waals surface area (Å²) in [6.45, 7) is 1.89. The van der Waals surface area contributed by atoms with E-state index in [1.54, 1.807) is 29.9 Å². The predicted molar refractivity (Wildman–Crippen MR) is 110 cm³/mol. The Morgan fingerprint density at radius 3 is 2.54 bits per heavy atom. The summed E-state index contributed by atoms with van der Waals surface area (Å²) >= 11 is 0. The quantitative estimate of drug-likeness (QED) is 0.733. The summed E-state index contributed by atoms with van der Waals surface area (Å²) in [6.07, 6.45) is 4.10. The monoisotopic (exact) mass is 373 g/mol. The van der Waals surface area contributed by atoms with Crippen LogP contribution in [0.3, 0.4) is 0 Å². The van der Waals surface area contributed by atoms with Crippen LogP contribution in [-0.4, -0.2) is 15.5 Å². The van der Waals surface area contributed by atoms with Crippen LogP contribution in [0, 0.1) is 0 Å². The van der Waals surface area contributed by atoms with Gasteiger partial charge in [0.15, 0.2) is 0 Å². The van der Waals surface area contributed by atoms with Gasteiger partial charge in [0.1, 0.15) is 5.82 Å². The molecule has 142 valence electrons. The maximum atomic E-state index is 12.7. The van der Waals surface area contributed by atoms with E-state index in [2.05, 4.69) is 5.32 Å². The van der Waals surface area contributed by atoms with Crippen molar-refractivity contribution in [3.8, 4) is 11.3 Å². The molecule has 5 nitrogen and oxygen atoms in total. The number of hydrogen-bond acceptors (Lipinski definition) is 3. The largest absolute Gasteiger partial charge is 0.318 e. The first-order valence-electron chi connectivity index (χ1n) is 9.57. The number of nitrogens with zero attached hydrogens (tertiary/aromatic N) is 2. The first-order chi connectivity index (χ1) is 13.5. The van der Waals surface area contributed by atoms with Crippen molar-refractivity contribution in [3.05, 3.63) is 82.3 Å². The molecule has 1 saturated carbocycles. The van der Waals surface area contributed by atoms with E-state index in [0.29, 0.717) is 11.7 Å². The molecule has 3 aromatic rings. The molecule has 0 saturated heterocycles. The van der Waals surface area contributed by atoms with Crippen LogP contribution >= 0.6 is 0 Å². The Morgan fingerprint density at radius 1 is 1.11 bits per heavy atom. The third-order valence-corrected chi connectivity index (χ3v) is 5.25. The van der Waals surface area contributed by atoms with Gasteiger partial charge in [-0.05, 0) is 48.9 Å². The number of pyridine rings is 2. The molecule has 1 amide bonds. The molecule has 28 heavy (non-hydrogen) atoms. The summed E-state index contributed by atoms with van der Waals surface area (Å²) in [5.74, 6) is 0.671. The van der Waals surface area contributed by atoms with Gasteiger partial charge < -0.3 is 9.88 Å². The number of aromatic nitrogens is 2. The van der Waals surface area contributed by atoms with Crippen LogP contribution in [0.1, 0.15) is 42.7 Å². The zero-order valence-electron chi connectivity index (χ0n) is 16.1. The molecule has 1 aliphatic carbocycles. The number of aryl methyl sites for hydroxylation is 1. The smallest absolute Gasteiger partial charge is 0.250 e. The average molecular weight is 373 g/mol. The van der Waals surface area contributed by atoms with Crippen molar-refractivity contribution in [2.75, 3.05) is 5.32 Å². The van der Waals surface area contributed by atoms with E-state index in [9.17, 15) is 9.59 Å². The number of hydrogen-bond donors (Lipinski definition) is 1. The SMILES string of the molecule is C[C@@H](C(=O)Nc1ccc(C2CC2)c(-c2ccc(=O)n(C)c2)n1)c1ccccc1. The Bertz CT molecular complexity index is 1070. The zero-order chi connectivity index (χ0) is 19.7. The number of nitrogens with one attached hydrogen (secondary N) is 1. The van der Waals surface area contributed by atoms with Crippen molar-refractivity contribution in [1.29, 1.82) is 0 Å². The normalized spacial score (nSPS) is 14.5.